The zero-order chi connectivity index (χ0) is 14.7. The molecule has 1 aromatic rings. The van der Waals surface area contributed by atoms with E-state index in [1.807, 2.05) is 18.2 Å². The molecule has 1 saturated heterocycles. The van der Waals surface area contributed by atoms with Gasteiger partial charge in [-0.2, -0.15) is 0 Å². The van der Waals surface area contributed by atoms with Gasteiger partial charge in [-0.25, -0.2) is 0 Å². The van der Waals surface area contributed by atoms with Gasteiger partial charge in [0, 0.05) is 35.2 Å². The zero-order valence-corrected chi connectivity index (χ0v) is 13.5. The van der Waals surface area contributed by atoms with Gasteiger partial charge in [-0.3, -0.25) is 4.79 Å². The van der Waals surface area contributed by atoms with Crippen molar-refractivity contribution in [1.29, 1.82) is 0 Å². The summed E-state index contributed by atoms with van der Waals surface area (Å²) >= 11 is 8.50. The van der Waals surface area contributed by atoms with Crippen molar-refractivity contribution < 1.29 is 4.79 Å². The number of benzene rings is 1. The second-order valence-electron chi connectivity index (χ2n) is 5.13. The molecule has 0 radical (unpaired) electrons. The molecule has 108 valence electrons. The van der Waals surface area contributed by atoms with E-state index in [2.05, 4.69) is 20.8 Å². The number of rotatable bonds is 4. The first-order valence-electron chi connectivity index (χ1n) is 6.60. The smallest absolute Gasteiger partial charge is 0.217 e. The summed E-state index contributed by atoms with van der Waals surface area (Å²) in [6, 6.07) is 6.02. The van der Waals surface area contributed by atoms with Crippen molar-refractivity contribution in [2.45, 2.75) is 19.3 Å². The lowest BCUT2D eigenvalue weighted by atomic mass is 9.93. The van der Waals surface area contributed by atoms with Crippen molar-refractivity contribution in [3.8, 4) is 0 Å². The first-order valence-corrected chi connectivity index (χ1v) is 7.80. The summed E-state index contributed by atoms with van der Waals surface area (Å²) in [6.07, 6.45) is 2.49. The number of halogens is 1. The third-order valence-electron chi connectivity index (χ3n) is 3.69. The third kappa shape index (κ3) is 3.70. The number of nitrogens with two attached hydrogens (primary N) is 2. The number of carbonyl (C=O) groups is 1. The van der Waals surface area contributed by atoms with E-state index in [1.165, 1.54) is 0 Å². The van der Waals surface area contributed by atoms with Crippen LogP contribution in [0.4, 0.5) is 5.69 Å². The van der Waals surface area contributed by atoms with Crippen LogP contribution in [0.5, 0.6) is 0 Å². The van der Waals surface area contributed by atoms with E-state index in [1.54, 1.807) is 0 Å². The molecule has 0 aromatic heterocycles. The molecule has 1 aromatic carbocycles. The number of amides is 1. The normalized spacial score (nSPS) is 16.1. The van der Waals surface area contributed by atoms with Gasteiger partial charge >= 0.3 is 0 Å². The Morgan fingerprint density at radius 3 is 2.50 bits per heavy atom. The summed E-state index contributed by atoms with van der Waals surface area (Å²) in [6.45, 7) is 1.88. The second kappa shape index (κ2) is 6.54. The first kappa shape index (κ1) is 15.3. The van der Waals surface area contributed by atoms with Gasteiger partial charge in [-0.05, 0) is 52.9 Å². The number of hydrogen-bond donors (Lipinski definition) is 2. The maximum Gasteiger partial charge on any atom is 0.217 e. The molecule has 2 rings (SSSR count). The van der Waals surface area contributed by atoms with E-state index in [9.17, 15) is 4.79 Å². The van der Waals surface area contributed by atoms with Crippen molar-refractivity contribution in [2.24, 2.45) is 17.4 Å². The lowest BCUT2D eigenvalue weighted by molar-refractivity contribution is -0.119. The Morgan fingerprint density at radius 2 is 2.00 bits per heavy atom. The predicted octanol–water partition coefficient (Wildman–Crippen LogP) is 2.18. The summed E-state index contributed by atoms with van der Waals surface area (Å²) < 4.78 is 0.918. The summed E-state index contributed by atoms with van der Waals surface area (Å²) in [7, 11) is 0. The third-order valence-corrected chi connectivity index (χ3v) is 4.56. The van der Waals surface area contributed by atoms with Crippen molar-refractivity contribution in [1.82, 2.24) is 0 Å². The maximum atomic E-state index is 10.9. The van der Waals surface area contributed by atoms with Crippen LogP contribution in [-0.4, -0.2) is 24.0 Å². The van der Waals surface area contributed by atoms with Gasteiger partial charge < -0.3 is 16.4 Å². The van der Waals surface area contributed by atoms with Crippen LogP contribution in [0.15, 0.2) is 22.7 Å². The number of hydrogen-bond acceptors (Lipinski definition) is 3. The Bertz CT molecular complexity index is 527. The molecule has 0 bridgehead atoms. The highest BCUT2D eigenvalue weighted by molar-refractivity contribution is 9.10. The highest BCUT2D eigenvalue weighted by Crippen LogP contribution is 2.28. The molecule has 0 atom stereocenters. The highest BCUT2D eigenvalue weighted by Gasteiger charge is 2.21. The molecule has 4 N–H and O–H groups in total. The lowest BCUT2D eigenvalue weighted by Crippen LogP contribution is -2.35. The minimum Gasteiger partial charge on any atom is -0.389 e. The second-order valence-corrected chi connectivity index (χ2v) is 6.42. The van der Waals surface area contributed by atoms with Crippen LogP contribution in [0, 0.1) is 5.92 Å². The number of piperidine rings is 1. The molecule has 0 unspecified atom stereocenters. The van der Waals surface area contributed by atoms with Crippen LogP contribution in [-0.2, 0) is 4.79 Å². The van der Waals surface area contributed by atoms with Gasteiger partial charge in [0.2, 0.25) is 5.91 Å². The van der Waals surface area contributed by atoms with Gasteiger partial charge in [0.1, 0.15) is 4.99 Å². The number of anilines is 1. The average molecular weight is 356 g/mol. The molecule has 4 nitrogen and oxygen atoms in total. The molecule has 0 saturated carbocycles. The van der Waals surface area contributed by atoms with E-state index in [-0.39, 0.29) is 5.91 Å². The maximum absolute atomic E-state index is 10.9. The van der Waals surface area contributed by atoms with E-state index in [0.717, 1.165) is 41.7 Å². The monoisotopic (exact) mass is 355 g/mol. The summed E-state index contributed by atoms with van der Waals surface area (Å²) in [5.41, 5.74) is 12.9. The number of primary amides is 1. The Labute approximate surface area is 132 Å². The average Bonchev–Trinajstić information content (AvgIpc) is 2.38. The van der Waals surface area contributed by atoms with Crippen LogP contribution >= 0.6 is 28.1 Å². The van der Waals surface area contributed by atoms with Crippen molar-refractivity contribution in [2.75, 3.05) is 18.0 Å². The minimum atomic E-state index is -0.202. The molecule has 0 aliphatic carbocycles. The van der Waals surface area contributed by atoms with Gasteiger partial charge in [0.05, 0.1) is 0 Å². The Kier molecular flexibility index (Phi) is 4.99. The minimum absolute atomic E-state index is 0.202. The van der Waals surface area contributed by atoms with E-state index < -0.39 is 0 Å². The molecule has 0 spiro atoms. The fraction of sp³-hybridized carbons (Fsp3) is 0.429. The SMILES string of the molecule is NC(=O)CC1CCN(c2ccc(C(N)=S)c(Br)c2)CC1. The topological polar surface area (TPSA) is 72.4 Å². The van der Waals surface area contributed by atoms with Gasteiger partial charge in [-0.1, -0.05) is 12.2 Å². The van der Waals surface area contributed by atoms with E-state index in [4.69, 9.17) is 23.7 Å². The molecular weight excluding hydrogens is 338 g/mol. The number of carbonyl (C=O) groups excluding carboxylic acids is 1. The molecule has 1 aliphatic heterocycles. The molecule has 1 amide bonds. The lowest BCUT2D eigenvalue weighted by Gasteiger charge is -2.33. The van der Waals surface area contributed by atoms with Crippen LogP contribution < -0.4 is 16.4 Å². The quantitative estimate of drug-likeness (QED) is 0.811. The molecule has 6 heteroatoms. The van der Waals surface area contributed by atoms with Crippen LogP contribution in [0.25, 0.3) is 0 Å². The van der Waals surface area contributed by atoms with Crippen molar-refractivity contribution >= 4 is 44.7 Å². The van der Waals surface area contributed by atoms with Crippen LogP contribution in [0.1, 0.15) is 24.8 Å². The zero-order valence-electron chi connectivity index (χ0n) is 11.1. The summed E-state index contributed by atoms with van der Waals surface area (Å²) in [5, 5.41) is 0. The predicted molar refractivity (Wildman–Crippen MR) is 88.8 cm³/mol. The van der Waals surface area contributed by atoms with E-state index in [0.29, 0.717) is 17.3 Å². The first-order chi connectivity index (χ1) is 9.47. The van der Waals surface area contributed by atoms with Gasteiger partial charge in [0.25, 0.3) is 0 Å². The van der Waals surface area contributed by atoms with Crippen molar-refractivity contribution in [3.05, 3.63) is 28.2 Å². The number of nitrogens with zero attached hydrogens (tertiary/aromatic N) is 1. The Morgan fingerprint density at radius 1 is 1.35 bits per heavy atom. The molecule has 20 heavy (non-hydrogen) atoms. The summed E-state index contributed by atoms with van der Waals surface area (Å²) in [4.78, 5) is 13.6. The fourth-order valence-corrected chi connectivity index (χ4v) is 3.47. The Hall–Kier alpha value is -1.14. The van der Waals surface area contributed by atoms with Crippen molar-refractivity contribution in [3.63, 3.8) is 0 Å². The van der Waals surface area contributed by atoms with E-state index >= 15 is 0 Å². The highest BCUT2D eigenvalue weighted by atomic mass is 79.9. The molecule has 1 fully saturated rings. The molecule has 1 heterocycles. The molecule has 1 aliphatic rings. The van der Waals surface area contributed by atoms with Gasteiger partial charge in [-0.15, -0.1) is 0 Å². The Balaban J connectivity index is 2.02. The largest absolute Gasteiger partial charge is 0.389 e. The van der Waals surface area contributed by atoms with Crippen LogP contribution in [0.3, 0.4) is 0 Å². The fourth-order valence-electron chi connectivity index (χ4n) is 2.58. The molecular formula is C14H18BrN3OS. The van der Waals surface area contributed by atoms with Gasteiger partial charge in [0.15, 0.2) is 0 Å². The van der Waals surface area contributed by atoms with Crippen LogP contribution in [0.2, 0.25) is 0 Å². The standard InChI is InChI=1S/C14H18BrN3OS/c15-12-8-10(1-2-11(12)14(17)20)18-5-3-9(4-6-18)7-13(16)19/h1-2,8-9H,3-7H2,(H2,16,19)(H2,17,20). The summed E-state index contributed by atoms with van der Waals surface area (Å²) in [5.74, 6) is 0.218. The number of thiocarbonyl (C=S) groups is 1.